The number of para-hydroxylation sites is 1. The minimum absolute atomic E-state index is 0.0737. The van der Waals surface area contributed by atoms with E-state index in [9.17, 15) is 9.59 Å². The van der Waals surface area contributed by atoms with E-state index in [1.165, 1.54) is 6.26 Å². The third kappa shape index (κ3) is 3.51. The highest BCUT2D eigenvalue weighted by Crippen LogP contribution is 2.46. The fourth-order valence-electron chi connectivity index (χ4n) is 4.30. The number of carbonyl (C=O) groups excluding carboxylic acids is 2. The smallest absolute Gasteiger partial charge is 0.289 e. The molecule has 2 aliphatic heterocycles. The molecule has 0 unspecified atom stereocenters. The maximum Gasteiger partial charge on any atom is 0.289 e. The highest BCUT2D eigenvalue weighted by atomic mass is 16.5. The lowest BCUT2D eigenvalue weighted by Gasteiger charge is -2.46. The van der Waals surface area contributed by atoms with E-state index in [0.717, 1.165) is 30.6 Å². The van der Waals surface area contributed by atoms with Crippen LogP contribution in [0, 0.1) is 0 Å². The number of hydrogen-bond donors (Lipinski definition) is 0. The molecule has 148 valence electrons. The van der Waals surface area contributed by atoms with Crippen LogP contribution in [0.3, 0.4) is 0 Å². The molecule has 6 heteroatoms. The number of fused-ring (bicyclic) bond motifs is 1. The first-order valence-electron chi connectivity index (χ1n) is 9.78. The third-order valence-corrected chi connectivity index (χ3v) is 5.92. The van der Waals surface area contributed by atoms with Gasteiger partial charge in [0.1, 0.15) is 11.4 Å². The molecule has 1 saturated heterocycles. The lowest BCUT2D eigenvalue weighted by molar-refractivity contribution is -0.129. The fraction of sp³-hybridized carbons (Fsp3) is 0.455. The van der Waals surface area contributed by atoms with Crippen LogP contribution >= 0.6 is 0 Å². The number of hydrogen-bond acceptors (Lipinski definition) is 4. The Kier molecular flexibility index (Phi) is 4.87. The largest absolute Gasteiger partial charge is 0.487 e. The Labute approximate surface area is 165 Å². The standard InChI is InChI=1S/C22H26N2O4/c1-23(2)20(25)14-16-15-22(28-18-7-4-3-6-17(16)18)9-11-24(12-10-22)21(26)19-8-5-13-27-19/h3-8,13,16H,9-12,14-15H2,1-2H3/t16-/m1/s1. The SMILES string of the molecule is CN(C)C(=O)C[C@@H]1CC2(CCN(C(=O)c3ccco3)CC2)Oc2ccccc21. The topological polar surface area (TPSA) is 63.0 Å². The number of furan rings is 1. The summed E-state index contributed by atoms with van der Waals surface area (Å²) in [4.78, 5) is 28.4. The molecule has 6 nitrogen and oxygen atoms in total. The van der Waals surface area contributed by atoms with Gasteiger partial charge in [-0.2, -0.15) is 0 Å². The van der Waals surface area contributed by atoms with Crippen LogP contribution in [0.5, 0.6) is 5.75 Å². The number of carbonyl (C=O) groups is 2. The van der Waals surface area contributed by atoms with Crippen LogP contribution in [0.2, 0.25) is 0 Å². The van der Waals surface area contributed by atoms with Crippen molar-refractivity contribution in [1.82, 2.24) is 9.80 Å². The minimum Gasteiger partial charge on any atom is -0.487 e. The van der Waals surface area contributed by atoms with Crippen molar-refractivity contribution in [2.24, 2.45) is 0 Å². The zero-order valence-electron chi connectivity index (χ0n) is 16.4. The molecule has 0 N–H and O–H groups in total. The van der Waals surface area contributed by atoms with E-state index in [2.05, 4.69) is 6.07 Å². The van der Waals surface area contributed by atoms with Gasteiger partial charge in [0.2, 0.25) is 5.91 Å². The van der Waals surface area contributed by atoms with Gasteiger partial charge in [0.15, 0.2) is 5.76 Å². The average Bonchev–Trinajstić information content (AvgIpc) is 3.23. The summed E-state index contributed by atoms with van der Waals surface area (Å²) >= 11 is 0. The Morgan fingerprint density at radius 1 is 1.14 bits per heavy atom. The highest BCUT2D eigenvalue weighted by molar-refractivity contribution is 5.91. The fourth-order valence-corrected chi connectivity index (χ4v) is 4.30. The maximum atomic E-state index is 12.6. The van der Waals surface area contributed by atoms with Crippen LogP contribution < -0.4 is 4.74 Å². The van der Waals surface area contributed by atoms with Crippen molar-refractivity contribution < 1.29 is 18.7 Å². The molecule has 0 radical (unpaired) electrons. The summed E-state index contributed by atoms with van der Waals surface area (Å²) < 4.78 is 11.7. The Morgan fingerprint density at radius 3 is 2.57 bits per heavy atom. The average molecular weight is 382 g/mol. The van der Waals surface area contributed by atoms with Gasteiger partial charge in [-0.05, 0) is 30.2 Å². The van der Waals surface area contributed by atoms with E-state index in [4.69, 9.17) is 9.15 Å². The summed E-state index contributed by atoms with van der Waals surface area (Å²) in [6.07, 6.45) is 4.30. The molecule has 28 heavy (non-hydrogen) atoms. The number of amides is 2. The Morgan fingerprint density at radius 2 is 1.89 bits per heavy atom. The second-order valence-electron chi connectivity index (χ2n) is 7.99. The molecular weight excluding hydrogens is 356 g/mol. The van der Waals surface area contributed by atoms with Crippen molar-refractivity contribution in [2.75, 3.05) is 27.2 Å². The van der Waals surface area contributed by atoms with Crippen LogP contribution in [-0.4, -0.2) is 54.4 Å². The second kappa shape index (κ2) is 7.34. The van der Waals surface area contributed by atoms with Crippen molar-refractivity contribution >= 4 is 11.8 Å². The van der Waals surface area contributed by atoms with Crippen molar-refractivity contribution in [2.45, 2.75) is 37.2 Å². The van der Waals surface area contributed by atoms with Crippen molar-refractivity contribution in [1.29, 1.82) is 0 Å². The van der Waals surface area contributed by atoms with E-state index in [0.29, 0.717) is 25.3 Å². The molecule has 0 bridgehead atoms. The Bertz CT molecular complexity index is 851. The maximum absolute atomic E-state index is 12.6. The Balaban J connectivity index is 1.51. The van der Waals surface area contributed by atoms with E-state index in [-0.39, 0.29) is 23.3 Å². The molecule has 2 aromatic rings. The number of piperidine rings is 1. The molecule has 1 atom stereocenters. The van der Waals surface area contributed by atoms with Crippen LogP contribution in [0.1, 0.15) is 47.7 Å². The number of ether oxygens (including phenoxy) is 1. The summed E-state index contributed by atoms with van der Waals surface area (Å²) in [5, 5.41) is 0. The van der Waals surface area contributed by atoms with Crippen molar-refractivity contribution in [3.8, 4) is 5.75 Å². The van der Waals surface area contributed by atoms with Crippen LogP contribution in [-0.2, 0) is 4.79 Å². The predicted molar refractivity (Wildman–Crippen MR) is 104 cm³/mol. The third-order valence-electron chi connectivity index (χ3n) is 5.92. The van der Waals surface area contributed by atoms with Crippen molar-refractivity contribution in [3.63, 3.8) is 0 Å². The first kappa shape index (κ1) is 18.6. The normalized spacial score (nSPS) is 20.4. The number of benzene rings is 1. The lowest BCUT2D eigenvalue weighted by atomic mass is 9.76. The first-order chi connectivity index (χ1) is 13.5. The Hall–Kier alpha value is -2.76. The van der Waals surface area contributed by atoms with Gasteiger partial charge in [0, 0.05) is 52.4 Å². The van der Waals surface area contributed by atoms with Gasteiger partial charge >= 0.3 is 0 Å². The molecule has 1 aromatic carbocycles. The number of nitrogens with zero attached hydrogens (tertiary/aromatic N) is 2. The molecule has 2 aliphatic rings. The quantitative estimate of drug-likeness (QED) is 0.817. The van der Waals surface area contributed by atoms with Gasteiger partial charge in [-0.15, -0.1) is 0 Å². The van der Waals surface area contributed by atoms with Gasteiger partial charge in [-0.25, -0.2) is 0 Å². The first-order valence-corrected chi connectivity index (χ1v) is 9.78. The molecule has 0 aliphatic carbocycles. The molecule has 3 heterocycles. The minimum atomic E-state index is -0.328. The van der Waals surface area contributed by atoms with Crippen molar-refractivity contribution in [3.05, 3.63) is 54.0 Å². The second-order valence-corrected chi connectivity index (χ2v) is 7.99. The van der Waals surface area contributed by atoms with Gasteiger partial charge in [-0.1, -0.05) is 18.2 Å². The highest BCUT2D eigenvalue weighted by Gasteiger charge is 2.44. The van der Waals surface area contributed by atoms with E-state index >= 15 is 0 Å². The zero-order chi connectivity index (χ0) is 19.7. The monoisotopic (exact) mass is 382 g/mol. The summed E-state index contributed by atoms with van der Waals surface area (Å²) in [5.74, 6) is 1.43. The summed E-state index contributed by atoms with van der Waals surface area (Å²) in [7, 11) is 3.59. The molecular formula is C22H26N2O4. The molecule has 0 saturated carbocycles. The zero-order valence-corrected chi connectivity index (χ0v) is 16.4. The van der Waals surface area contributed by atoms with Gasteiger partial charge < -0.3 is 19.0 Å². The molecule has 2 amide bonds. The molecule has 1 spiro atoms. The van der Waals surface area contributed by atoms with Crippen LogP contribution in [0.4, 0.5) is 0 Å². The van der Waals surface area contributed by atoms with Gasteiger partial charge in [0.05, 0.1) is 6.26 Å². The van der Waals surface area contributed by atoms with E-state index in [1.807, 2.05) is 23.1 Å². The van der Waals surface area contributed by atoms with Crippen LogP contribution in [0.25, 0.3) is 0 Å². The van der Waals surface area contributed by atoms with E-state index < -0.39 is 0 Å². The van der Waals surface area contributed by atoms with E-state index in [1.54, 1.807) is 31.1 Å². The summed E-state index contributed by atoms with van der Waals surface area (Å²) in [6, 6.07) is 11.4. The number of rotatable bonds is 3. The lowest BCUT2D eigenvalue weighted by Crippen LogP contribution is -2.52. The van der Waals surface area contributed by atoms with Gasteiger partial charge in [0.25, 0.3) is 5.91 Å². The predicted octanol–water partition coefficient (Wildman–Crippen LogP) is 3.30. The molecule has 4 rings (SSSR count). The summed E-state index contributed by atoms with van der Waals surface area (Å²) in [5.41, 5.74) is 0.781. The van der Waals surface area contributed by atoms with Gasteiger partial charge in [-0.3, -0.25) is 9.59 Å². The van der Waals surface area contributed by atoms with Crippen LogP contribution in [0.15, 0.2) is 47.1 Å². The summed E-state index contributed by atoms with van der Waals surface area (Å²) in [6.45, 7) is 1.24. The molecule has 1 aromatic heterocycles. The number of likely N-dealkylation sites (tertiary alicyclic amines) is 1. The molecule has 1 fully saturated rings.